The number of benzene rings is 1. The molecule has 3 nitrogen and oxygen atoms in total. The van der Waals surface area contributed by atoms with Gasteiger partial charge in [0.15, 0.2) is 27.3 Å². The highest BCUT2D eigenvalue weighted by molar-refractivity contribution is 7.92. The third-order valence-corrected chi connectivity index (χ3v) is 5.19. The zero-order valence-corrected chi connectivity index (χ0v) is 12.5. The Kier molecular flexibility index (Phi) is 5.39. The lowest BCUT2D eigenvalue weighted by Crippen LogP contribution is -2.30. The van der Waals surface area contributed by atoms with E-state index in [1.165, 1.54) is 6.92 Å². The molecule has 1 aromatic carbocycles. The molecule has 6 heteroatoms. The van der Waals surface area contributed by atoms with Crippen LogP contribution in [-0.4, -0.2) is 25.2 Å². The van der Waals surface area contributed by atoms with Crippen LogP contribution in [0.1, 0.15) is 37.6 Å². The van der Waals surface area contributed by atoms with Crippen molar-refractivity contribution in [1.82, 2.24) is 0 Å². The van der Waals surface area contributed by atoms with Crippen LogP contribution in [0.25, 0.3) is 0 Å². The van der Waals surface area contributed by atoms with E-state index in [9.17, 15) is 22.0 Å². The van der Waals surface area contributed by atoms with Crippen molar-refractivity contribution < 1.29 is 22.0 Å². The first-order valence-corrected chi connectivity index (χ1v) is 8.07. The molecule has 0 spiro atoms. The Labute approximate surface area is 117 Å². The average Bonchev–Trinajstić information content (AvgIpc) is 2.38. The van der Waals surface area contributed by atoms with Gasteiger partial charge in [0, 0.05) is 5.56 Å². The van der Waals surface area contributed by atoms with E-state index < -0.39 is 32.5 Å². The van der Waals surface area contributed by atoms with Gasteiger partial charge in [-0.05, 0) is 37.5 Å². The highest BCUT2D eigenvalue weighted by atomic mass is 32.2. The molecule has 1 unspecified atom stereocenters. The fourth-order valence-electron chi connectivity index (χ4n) is 1.62. The topological polar surface area (TPSA) is 51.2 Å². The van der Waals surface area contributed by atoms with Gasteiger partial charge in [0.05, 0.1) is 5.75 Å². The maximum atomic E-state index is 13.1. The van der Waals surface area contributed by atoms with Crippen LogP contribution in [0.4, 0.5) is 8.78 Å². The van der Waals surface area contributed by atoms with Crippen LogP contribution in [-0.2, 0) is 9.84 Å². The van der Waals surface area contributed by atoms with Crippen molar-refractivity contribution in [1.29, 1.82) is 0 Å². The van der Waals surface area contributed by atoms with Crippen molar-refractivity contribution in [3.63, 3.8) is 0 Å². The number of sulfone groups is 1. The molecular weight excluding hydrogens is 286 g/mol. The highest BCUT2D eigenvalue weighted by Gasteiger charge is 2.29. The van der Waals surface area contributed by atoms with E-state index in [0.29, 0.717) is 6.42 Å². The minimum atomic E-state index is -3.59. The predicted octanol–water partition coefficient (Wildman–Crippen LogP) is 3.00. The number of ketones is 1. The Morgan fingerprint density at radius 2 is 1.75 bits per heavy atom. The summed E-state index contributed by atoms with van der Waals surface area (Å²) in [4.78, 5) is 12.0. The van der Waals surface area contributed by atoms with E-state index >= 15 is 0 Å². The lowest BCUT2D eigenvalue weighted by Gasteiger charge is -2.13. The van der Waals surface area contributed by atoms with Crippen molar-refractivity contribution in [2.24, 2.45) is 5.92 Å². The van der Waals surface area contributed by atoms with Gasteiger partial charge in [-0.1, -0.05) is 13.8 Å². The standard InChI is InChI=1S/C14H18F2O3S/c1-9(2)6-7-20(18,19)10(3)14(17)11-4-5-12(15)13(16)8-11/h4-5,8-10H,6-7H2,1-3H3. The van der Waals surface area contributed by atoms with Crippen LogP contribution in [0, 0.1) is 17.6 Å². The van der Waals surface area contributed by atoms with Gasteiger partial charge in [-0.25, -0.2) is 17.2 Å². The van der Waals surface area contributed by atoms with Crippen molar-refractivity contribution >= 4 is 15.6 Å². The van der Waals surface area contributed by atoms with Crippen molar-refractivity contribution in [3.05, 3.63) is 35.4 Å². The number of Topliss-reactive ketones (excluding diaryl/α,β-unsaturated/α-hetero) is 1. The van der Waals surface area contributed by atoms with Gasteiger partial charge in [-0.15, -0.1) is 0 Å². The highest BCUT2D eigenvalue weighted by Crippen LogP contribution is 2.16. The molecule has 20 heavy (non-hydrogen) atoms. The molecule has 0 saturated carbocycles. The fourth-order valence-corrected chi connectivity index (χ4v) is 3.24. The molecule has 0 bridgehead atoms. The molecule has 0 fully saturated rings. The Bertz CT molecular complexity index is 594. The zero-order chi connectivity index (χ0) is 15.5. The Hall–Kier alpha value is -1.30. The largest absolute Gasteiger partial charge is 0.293 e. The van der Waals surface area contributed by atoms with Crippen molar-refractivity contribution in [2.75, 3.05) is 5.75 Å². The molecule has 1 aromatic rings. The Balaban J connectivity index is 2.93. The summed E-state index contributed by atoms with van der Waals surface area (Å²) in [6.07, 6.45) is 0.456. The minimum Gasteiger partial charge on any atom is -0.293 e. The van der Waals surface area contributed by atoms with Gasteiger partial charge in [-0.3, -0.25) is 4.79 Å². The molecule has 0 saturated heterocycles. The molecule has 0 aliphatic rings. The first-order valence-electron chi connectivity index (χ1n) is 6.36. The molecule has 112 valence electrons. The third-order valence-electron chi connectivity index (χ3n) is 3.09. The second-order valence-corrected chi connectivity index (χ2v) is 7.63. The number of halogens is 2. The first kappa shape index (κ1) is 16.8. The number of carbonyl (C=O) groups excluding carboxylic acids is 1. The molecule has 0 heterocycles. The average molecular weight is 304 g/mol. The normalized spacial score (nSPS) is 13.5. The molecule has 0 radical (unpaired) electrons. The Morgan fingerprint density at radius 1 is 1.15 bits per heavy atom. The molecular formula is C14H18F2O3S. The van der Waals surface area contributed by atoms with Crippen LogP contribution in [0.15, 0.2) is 18.2 Å². The third kappa shape index (κ3) is 4.10. The van der Waals surface area contributed by atoms with Gasteiger partial charge < -0.3 is 0 Å². The van der Waals surface area contributed by atoms with Gasteiger partial charge in [0.2, 0.25) is 0 Å². The van der Waals surface area contributed by atoms with Crippen molar-refractivity contribution in [3.8, 4) is 0 Å². The predicted molar refractivity (Wildman–Crippen MR) is 73.4 cm³/mol. The summed E-state index contributed by atoms with van der Waals surface area (Å²) in [5.74, 6) is -2.84. The van der Waals surface area contributed by atoms with Gasteiger partial charge in [0.25, 0.3) is 0 Å². The summed E-state index contributed by atoms with van der Waals surface area (Å²) >= 11 is 0. The fraction of sp³-hybridized carbons (Fsp3) is 0.500. The van der Waals surface area contributed by atoms with Crippen LogP contribution >= 0.6 is 0 Å². The van der Waals surface area contributed by atoms with Gasteiger partial charge >= 0.3 is 0 Å². The van der Waals surface area contributed by atoms with E-state index in [-0.39, 0.29) is 17.2 Å². The molecule has 0 aliphatic carbocycles. The van der Waals surface area contributed by atoms with Crippen LogP contribution in [0.5, 0.6) is 0 Å². The maximum Gasteiger partial charge on any atom is 0.180 e. The molecule has 0 aliphatic heterocycles. The summed E-state index contributed by atoms with van der Waals surface area (Å²) in [7, 11) is -3.59. The number of hydrogen-bond donors (Lipinski definition) is 0. The first-order chi connectivity index (χ1) is 9.15. The summed E-state index contributed by atoms with van der Waals surface area (Å²) in [6.45, 7) is 5.05. The van der Waals surface area contributed by atoms with E-state index in [4.69, 9.17) is 0 Å². The van der Waals surface area contributed by atoms with E-state index in [1.807, 2.05) is 13.8 Å². The van der Waals surface area contributed by atoms with Gasteiger partial charge in [0.1, 0.15) is 5.25 Å². The van der Waals surface area contributed by atoms with Gasteiger partial charge in [-0.2, -0.15) is 0 Å². The number of carbonyl (C=O) groups is 1. The molecule has 0 amide bonds. The Morgan fingerprint density at radius 3 is 2.25 bits per heavy atom. The molecule has 1 rings (SSSR count). The maximum absolute atomic E-state index is 13.1. The van der Waals surface area contributed by atoms with E-state index in [1.54, 1.807) is 0 Å². The SMILES string of the molecule is CC(C)CCS(=O)(=O)C(C)C(=O)c1ccc(F)c(F)c1. The number of rotatable bonds is 6. The lowest BCUT2D eigenvalue weighted by molar-refractivity contribution is 0.0991. The van der Waals surface area contributed by atoms with Crippen LogP contribution < -0.4 is 0 Å². The number of hydrogen-bond acceptors (Lipinski definition) is 3. The van der Waals surface area contributed by atoms with Crippen LogP contribution in [0.2, 0.25) is 0 Å². The zero-order valence-electron chi connectivity index (χ0n) is 11.7. The summed E-state index contributed by atoms with van der Waals surface area (Å²) in [5.41, 5.74) is -0.135. The van der Waals surface area contributed by atoms with Crippen molar-refractivity contribution in [2.45, 2.75) is 32.4 Å². The monoisotopic (exact) mass is 304 g/mol. The summed E-state index contributed by atoms with van der Waals surface area (Å²) < 4.78 is 49.9. The quantitative estimate of drug-likeness (QED) is 0.759. The van der Waals surface area contributed by atoms with E-state index in [0.717, 1.165) is 18.2 Å². The van der Waals surface area contributed by atoms with E-state index in [2.05, 4.69) is 0 Å². The van der Waals surface area contributed by atoms with Crippen LogP contribution in [0.3, 0.4) is 0 Å². The second-order valence-electron chi connectivity index (χ2n) is 5.18. The summed E-state index contributed by atoms with van der Waals surface area (Å²) in [5, 5.41) is -1.26. The molecule has 0 N–H and O–H groups in total. The summed E-state index contributed by atoms with van der Waals surface area (Å²) in [6, 6.07) is 2.64. The molecule has 1 atom stereocenters. The smallest absolute Gasteiger partial charge is 0.180 e. The second kappa shape index (κ2) is 6.43. The minimum absolute atomic E-state index is 0.0960. The lowest BCUT2D eigenvalue weighted by atomic mass is 10.1. The molecule has 0 aromatic heterocycles.